The Labute approximate surface area is 158 Å². The number of nitrogens with one attached hydrogen (secondary N) is 1. The molecule has 0 aliphatic carbocycles. The Morgan fingerprint density at radius 2 is 1.88 bits per heavy atom. The lowest BCUT2D eigenvalue weighted by molar-refractivity contribution is -0.113. The van der Waals surface area contributed by atoms with Gasteiger partial charge in [-0.3, -0.25) is 4.79 Å². The van der Waals surface area contributed by atoms with Crippen LogP contribution in [0.1, 0.15) is 11.1 Å². The second kappa shape index (κ2) is 7.79. The molecule has 0 saturated carbocycles. The van der Waals surface area contributed by atoms with Crippen LogP contribution in [0.3, 0.4) is 0 Å². The maximum atomic E-state index is 12.3. The van der Waals surface area contributed by atoms with Crippen molar-refractivity contribution in [2.45, 2.75) is 19.0 Å². The molecule has 0 bridgehead atoms. The summed E-state index contributed by atoms with van der Waals surface area (Å²) in [6, 6.07) is 13.5. The van der Waals surface area contributed by atoms with Gasteiger partial charge in [-0.25, -0.2) is 0 Å². The van der Waals surface area contributed by atoms with E-state index in [1.54, 1.807) is 4.68 Å². The molecule has 25 heavy (non-hydrogen) atoms. The molecule has 3 rings (SSSR count). The standard InChI is InChI=1S/C17H16BrN5OS/c1-11-8-13(18)9-12(2)16(11)19-15(24)10-25-17-20-21-22-23(17)14-6-4-3-5-7-14/h3-9H,10H2,1-2H3,(H,19,24). The van der Waals surface area contributed by atoms with Crippen LogP contribution in [0, 0.1) is 13.8 Å². The molecule has 128 valence electrons. The minimum absolute atomic E-state index is 0.0962. The quantitative estimate of drug-likeness (QED) is 0.639. The van der Waals surface area contributed by atoms with Gasteiger partial charge in [0, 0.05) is 10.2 Å². The summed E-state index contributed by atoms with van der Waals surface area (Å²) < 4.78 is 2.62. The molecule has 0 fully saturated rings. The van der Waals surface area contributed by atoms with E-state index >= 15 is 0 Å². The highest BCUT2D eigenvalue weighted by atomic mass is 79.9. The molecular formula is C17H16BrN5OS. The largest absolute Gasteiger partial charge is 0.325 e. The number of aromatic nitrogens is 4. The zero-order chi connectivity index (χ0) is 17.8. The van der Waals surface area contributed by atoms with Crippen LogP contribution in [0.15, 0.2) is 52.1 Å². The fourth-order valence-electron chi connectivity index (χ4n) is 2.41. The number of amides is 1. The molecule has 2 aromatic carbocycles. The zero-order valence-corrected chi connectivity index (χ0v) is 16.1. The number of rotatable bonds is 5. The Morgan fingerprint density at radius 1 is 1.20 bits per heavy atom. The molecule has 0 aliphatic rings. The number of anilines is 1. The molecule has 0 unspecified atom stereocenters. The average Bonchev–Trinajstić information content (AvgIpc) is 3.05. The second-order valence-corrected chi connectivity index (χ2v) is 7.32. The van der Waals surface area contributed by atoms with E-state index in [-0.39, 0.29) is 11.7 Å². The van der Waals surface area contributed by atoms with Gasteiger partial charge in [0.15, 0.2) is 0 Å². The Kier molecular flexibility index (Phi) is 5.50. The summed E-state index contributed by atoms with van der Waals surface area (Å²) in [5, 5.41) is 15.2. The summed E-state index contributed by atoms with van der Waals surface area (Å²) in [5.41, 5.74) is 3.73. The Morgan fingerprint density at radius 3 is 2.56 bits per heavy atom. The summed E-state index contributed by atoms with van der Waals surface area (Å²) in [6.07, 6.45) is 0. The molecule has 3 aromatic rings. The van der Waals surface area contributed by atoms with E-state index in [1.165, 1.54) is 11.8 Å². The third-order valence-corrected chi connectivity index (χ3v) is 4.91. The normalized spacial score (nSPS) is 10.7. The molecule has 1 heterocycles. The highest BCUT2D eigenvalue weighted by Crippen LogP contribution is 2.25. The topological polar surface area (TPSA) is 72.7 Å². The number of para-hydroxylation sites is 1. The van der Waals surface area contributed by atoms with Crippen LogP contribution in [0.4, 0.5) is 5.69 Å². The van der Waals surface area contributed by atoms with E-state index in [0.717, 1.165) is 27.0 Å². The van der Waals surface area contributed by atoms with Crippen LogP contribution < -0.4 is 5.32 Å². The first-order valence-electron chi connectivity index (χ1n) is 7.58. The van der Waals surface area contributed by atoms with Gasteiger partial charge in [0.1, 0.15) is 0 Å². The maximum Gasteiger partial charge on any atom is 0.234 e. The molecule has 1 amide bonds. The minimum Gasteiger partial charge on any atom is -0.325 e. The number of thioether (sulfide) groups is 1. The van der Waals surface area contributed by atoms with E-state index in [0.29, 0.717) is 5.16 Å². The molecule has 8 heteroatoms. The van der Waals surface area contributed by atoms with Crippen LogP contribution in [-0.2, 0) is 4.79 Å². The number of tetrazole rings is 1. The van der Waals surface area contributed by atoms with Crippen molar-refractivity contribution < 1.29 is 4.79 Å². The Balaban J connectivity index is 1.67. The second-order valence-electron chi connectivity index (χ2n) is 5.46. The lowest BCUT2D eigenvalue weighted by Crippen LogP contribution is -2.16. The monoisotopic (exact) mass is 417 g/mol. The summed E-state index contributed by atoms with van der Waals surface area (Å²) in [6.45, 7) is 3.94. The number of halogens is 1. The molecule has 0 saturated heterocycles. The van der Waals surface area contributed by atoms with Gasteiger partial charge >= 0.3 is 0 Å². The van der Waals surface area contributed by atoms with Gasteiger partial charge in [0.25, 0.3) is 0 Å². The predicted octanol–water partition coefficient (Wildman–Crippen LogP) is 3.77. The van der Waals surface area contributed by atoms with E-state index in [2.05, 4.69) is 36.8 Å². The first-order chi connectivity index (χ1) is 12.0. The summed E-state index contributed by atoms with van der Waals surface area (Å²) in [7, 11) is 0. The third-order valence-electron chi connectivity index (χ3n) is 3.54. The zero-order valence-electron chi connectivity index (χ0n) is 13.7. The summed E-state index contributed by atoms with van der Waals surface area (Å²) in [5.74, 6) is 0.128. The van der Waals surface area contributed by atoms with E-state index in [1.807, 2.05) is 56.3 Å². The third kappa shape index (κ3) is 4.26. The van der Waals surface area contributed by atoms with Crippen LogP contribution >= 0.6 is 27.7 Å². The molecule has 0 radical (unpaired) electrons. The number of hydrogen-bond donors (Lipinski definition) is 1. The van der Waals surface area contributed by atoms with Crippen LogP contribution in [0.2, 0.25) is 0 Å². The van der Waals surface area contributed by atoms with Crippen LogP contribution in [-0.4, -0.2) is 31.9 Å². The van der Waals surface area contributed by atoms with Crippen molar-refractivity contribution in [3.05, 3.63) is 58.1 Å². The fourth-order valence-corrected chi connectivity index (χ4v) is 3.79. The summed E-state index contributed by atoms with van der Waals surface area (Å²) >= 11 is 4.75. The van der Waals surface area contributed by atoms with Gasteiger partial charge in [-0.15, -0.1) is 5.10 Å². The Hall–Kier alpha value is -2.19. The molecule has 1 N–H and O–H groups in total. The number of hydrogen-bond acceptors (Lipinski definition) is 5. The number of benzene rings is 2. The van der Waals surface area contributed by atoms with Gasteiger partial charge in [0.2, 0.25) is 11.1 Å². The van der Waals surface area contributed by atoms with Crippen molar-refractivity contribution in [1.29, 1.82) is 0 Å². The number of aryl methyl sites for hydroxylation is 2. The van der Waals surface area contributed by atoms with Crippen molar-refractivity contribution in [3.8, 4) is 5.69 Å². The van der Waals surface area contributed by atoms with Crippen LogP contribution in [0.5, 0.6) is 0 Å². The lowest BCUT2D eigenvalue weighted by atomic mass is 10.1. The SMILES string of the molecule is Cc1cc(Br)cc(C)c1NC(=O)CSc1nnnn1-c1ccccc1. The van der Waals surface area contributed by atoms with Crippen molar-refractivity contribution in [2.24, 2.45) is 0 Å². The number of nitrogens with zero attached hydrogens (tertiary/aromatic N) is 4. The minimum atomic E-state index is -0.0962. The summed E-state index contributed by atoms with van der Waals surface area (Å²) in [4.78, 5) is 12.3. The van der Waals surface area contributed by atoms with Crippen LogP contribution in [0.25, 0.3) is 5.69 Å². The van der Waals surface area contributed by atoms with Crippen molar-refractivity contribution in [3.63, 3.8) is 0 Å². The molecule has 0 aliphatic heterocycles. The van der Waals surface area contributed by atoms with Gasteiger partial charge in [0.05, 0.1) is 11.4 Å². The molecular weight excluding hydrogens is 402 g/mol. The van der Waals surface area contributed by atoms with Crippen molar-refractivity contribution in [1.82, 2.24) is 20.2 Å². The van der Waals surface area contributed by atoms with Gasteiger partial charge in [-0.2, -0.15) is 4.68 Å². The molecule has 6 nitrogen and oxygen atoms in total. The van der Waals surface area contributed by atoms with Crippen molar-refractivity contribution in [2.75, 3.05) is 11.1 Å². The Bertz CT molecular complexity index is 874. The average molecular weight is 418 g/mol. The molecule has 0 spiro atoms. The van der Waals surface area contributed by atoms with Gasteiger partial charge < -0.3 is 5.32 Å². The molecule has 1 aromatic heterocycles. The number of carbonyl (C=O) groups excluding carboxylic acids is 1. The van der Waals surface area contributed by atoms with E-state index < -0.39 is 0 Å². The highest BCUT2D eigenvalue weighted by molar-refractivity contribution is 9.10. The first-order valence-corrected chi connectivity index (χ1v) is 9.35. The predicted molar refractivity (Wildman–Crippen MR) is 102 cm³/mol. The van der Waals surface area contributed by atoms with E-state index in [9.17, 15) is 4.79 Å². The van der Waals surface area contributed by atoms with Gasteiger partial charge in [-0.1, -0.05) is 45.9 Å². The highest BCUT2D eigenvalue weighted by Gasteiger charge is 2.13. The first kappa shape index (κ1) is 17.6. The van der Waals surface area contributed by atoms with E-state index in [4.69, 9.17) is 0 Å². The van der Waals surface area contributed by atoms with Gasteiger partial charge in [-0.05, 0) is 59.7 Å². The smallest absolute Gasteiger partial charge is 0.234 e. The lowest BCUT2D eigenvalue weighted by Gasteiger charge is -2.12. The molecule has 0 atom stereocenters. The maximum absolute atomic E-state index is 12.3. The fraction of sp³-hybridized carbons (Fsp3) is 0.176. The van der Waals surface area contributed by atoms with Crippen molar-refractivity contribution >= 4 is 39.3 Å². The number of carbonyl (C=O) groups is 1.